The molecule has 0 spiro atoms. The Balaban J connectivity index is 2.58. The first kappa shape index (κ1) is 13.1. The predicted molar refractivity (Wildman–Crippen MR) is 73.2 cm³/mol. The van der Waals surface area contributed by atoms with Crippen molar-refractivity contribution in [3.8, 4) is 0 Å². The Hall–Kier alpha value is -1.38. The standard InChI is InChI=1S/C15H15ClFN/c1-10-9-11(17)7-8-12(10)15(2,18)13-5-3-4-6-14(13)16/h3-9H,18H2,1-2H3. The van der Waals surface area contributed by atoms with E-state index in [0.717, 1.165) is 16.7 Å². The molecule has 0 aliphatic rings. The van der Waals surface area contributed by atoms with Gasteiger partial charge in [0.1, 0.15) is 5.82 Å². The van der Waals surface area contributed by atoms with E-state index in [1.807, 2.05) is 32.0 Å². The second-order valence-corrected chi connectivity index (χ2v) is 5.05. The molecule has 3 heteroatoms. The molecule has 2 N–H and O–H groups in total. The molecule has 0 aromatic heterocycles. The van der Waals surface area contributed by atoms with E-state index in [1.165, 1.54) is 12.1 Å². The fourth-order valence-corrected chi connectivity index (χ4v) is 2.57. The summed E-state index contributed by atoms with van der Waals surface area (Å²) in [5.74, 6) is -0.258. The highest BCUT2D eigenvalue weighted by atomic mass is 35.5. The van der Waals surface area contributed by atoms with Crippen molar-refractivity contribution in [2.24, 2.45) is 5.73 Å². The van der Waals surface area contributed by atoms with Crippen LogP contribution >= 0.6 is 11.6 Å². The number of halogens is 2. The van der Waals surface area contributed by atoms with Gasteiger partial charge in [-0.1, -0.05) is 35.9 Å². The van der Waals surface area contributed by atoms with Crippen LogP contribution in [0.25, 0.3) is 0 Å². The SMILES string of the molecule is Cc1cc(F)ccc1C(C)(N)c1ccccc1Cl. The largest absolute Gasteiger partial charge is 0.318 e. The van der Waals surface area contributed by atoms with Crippen LogP contribution in [-0.2, 0) is 5.54 Å². The number of benzene rings is 2. The molecule has 0 bridgehead atoms. The normalized spacial score (nSPS) is 14.3. The van der Waals surface area contributed by atoms with Gasteiger partial charge in [0.15, 0.2) is 0 Å². The Labute approximate surface area is 111 Å². The Morgan fingerprint density at radius 3 is 2.39 bits per heavy atom. The van der Waals surface area contributed by atoms with Crippen LogP contribution in [0.1, 0.15) is 23.6 Å². The molecule has 2 aromatic carbocycles. The van der Waals surface area contributed by atoms with E-state index in [4.69, 9.17) is 17.3 Å². The second-order valence-electron chi connectivity index (χ2n) is 4.64. The molecule has 2 rings (SSSR count). The van der Waals surface area contributed by atoms with Crippen LogP contribution in [0, 0.1) is 12.7 Å². The number of aryl methyl sites for hydroxylation is 1. The monoisotopic (exact) mass is 263 g/mol. The minimum Gasteiger partial charge on any atom is -0.318 e. The molecule has 2 aromatic rings. The fourth-order valence-electron chi connectivity index (χ4n) is 2.24. The lowest BCUT2D eigenvalue weighted by Gasteiger charge is -2.28. The Morgan fingerprint density at radius 1 is 1.11 bits per heavy atom. The summed E-state index contributed by atoms with van der Waals surface area (Å²) in [4.78, 5) is 0. The highest BCUT2D eigenvalue weighted by Crippen LogP contribution is 2.33. The van der Waals surface area contributed by atoms with Gasteiger partial charge < -0.3 is 5.73 Å². The first-order valence-corrected chi connectivity index (χ1v) is 6.11. The van der Waals surface area contributed by atoms with Crippen molar-refractivity contribution in [1.29, 1.82) is 0 Å². The van der Waals surface area contributed by atoms with E-state index in [-0.39, 0.29) is 5.82 Å². The minimum absolute atomic E-state index is 0.258. The molecule has 0 fully saturated rings. The van der Waals surface area contributed by atoms with Gasteiger partial charge in [0.25, 0.3) is 0 Å². The van der Waals surface area contributed by atoms with Crippen molar-refractivity contribution in [3.63, 3.8) is 0 Å². The molecule has 94 valence electrons. The summed E-state index contributed by atoms with van der Waals surface area (Å²) in [5, 5.41) is 0.617. The van der Waals surface area contributed by atoms with Gasteiger partial charge >= 0.3 is 0 Å². The highest BCUT2D eigenvalue weighted by molar-refractivity contribution is 6.31. The quantitative estimate of drug-likeness (QED) is 0.870. The Bertz CT molecular complexity index is 578. The third-order valence-electron chi connectivity index (χ3n) is 3.18. The van der Waals surface area contributed by atoms with E-state index in [0.29, 0.717) is 5.02 Å². The van der Waals surface area contributed by atoms with Crippen molar-refractivity contribution in [3.05, 3.63) is 70.0 Å². The average molecular weight is 264 g/mol. The van der Waals surface area contributed by atoms with Gasteiger partial charge in [0.2, 0.25) is 0 Å². The van der Waals surface area contributed by atoms with Crippen LogP contribution < -0.4 is 5.73 Å². The average Bonchev–Trinajstić information content (AvgIpc) is 2.28. The fraction of sp³-hybridized carbons (Fsp3) is 0.200. The van der Waals surface area contributed by atoms with Crippen LogP contribution in [0.15, 0.2) is 42.5 Å². The Morgan fingerprint density at radius 2 is 1.78 bits per heavy atom. The molecule has 0 saturated carbocycles. The van der Waals surface area contributed by atoms with Gasteiger partial charge in [0.05, 0.1) is 5.54 Å². The summed E-state index contributed by atoms with van der Waals surface area (Å²) in [5.41, 5.74) is 8.19. The lowest BCUT2D eigenvalue weighted by molar-refractivity contribution is 0.588. The third-order valence-corrected chi connectivity index (χ3v) is 3.51. The Kier molecular flexibility index (Phi) is 3.42. The van der Waals surface area contributed by atoms with Crippen molar-refractivity contribution >= 4 is 11.6 Å². The van der Waals surface area contributed by atoms with Gasteiger partial charge in [-0.25, -0.2) is 4.39 Å². The molecule has 0 radical (unpaired) electrons. The smallest absolute Gasteiger partial charge is 0.123 e. The zero-order valence-corrected chi connectivity index (χ0v) is 11.1. The lowest BCUT2D eigenvalue weighted by atomic mass is 9.83. The van der Waals surface area contributed by atoms with E-state index < -0.39 is 5.54 Å². The number of rotatable bonds is 2. The molecule has 1 atom stereocenters. The topological polar surface area (TPSA) is 26.0 Å². The number of hydrogen-bond donors (Lipinski definition) is 1. The van der Waals surface area contributed by atoms with E-state index in [9.17, 15) is 4.39 Å². The van der Waals surface area contributed by atoms with E-state index in [1.54, 1.807) is 12.1 Å². The predicted octanol–water partition coefficient (Wildman–Crippen LogP) is 4.01. The van der Waals surface area contributed by atoms with Crippen LogP contribution in [0.2, 0.25) is 5.02 Å². The second kappa shape index (κ2) is 4.71. The van der Waals surface area contributed by atoms with E-state index >= 15 is 0 Å². The molecular weight excluding hydrogens is 249 g/mol. The molecule has 0 heterocycles. The molecule has 0 amide bonds. The first-order chi connectivity index (χ1) is 8.43. The molecule has 0 aliphatic carbocycles. The van der Waals surface area contributed by atoms with Gasteiger partial charge in [0, 0.05) is 5.02 Å². The maximum Gasteiger partial charge on any atom is 0.123 e. The molecule has 1 unspecified atom stereocenters. The van der Waals surface area contributed by atoms with Crippen LogP contribution in [0.5, 0.6) is 0 Å². The van der Waals surface area contributed by atoms with Crippen molar-refractivity contribution in [2.75, 3.05) is 0 Å². The van der Waals surface area contributed by atoms with Gasteiger partial charge in [-0.15, -0.1) is 0 Å². The minimum atomic E-state index is -0.740. The van der Waals surface area contributed by atoms with Crippen molar-refractivity contribution in [1.82, 2.24) is 0 Å². The number of nitrogens with two attached hydrogens (primary N) is 1. The highest BCUT2D eigenvalue weighted by Gasteiger charge is 2.27. The molecule has 0 aliphatic heterocycles. The number of hydrogen-bond acceptors (Lipinski definition) is 1. The first-order valence-electron chi connectivity index (χ1n) is 5.73. The summed E-state index contributed by atoms with van der Waals surface area (Å²) in [6, 6.07) is 12.1. The van der Waals surface area contributed by atoms with Gasteiger partial charge in [-0.2, -0.15) is 0 Å². The molecule has 1 nitrogen and oxygen atoms in total. The maximum absolute atomic E-state index is 13.2. The molecule has 0 saturated heterocycles. The van der Waals surface area contributed by atoms with Gasteiger partial charge in [-0.05, 0) is 48.7 Å². The maximum atomic E-state index is 13.2. The zero-order valence-electron chi connectivity index (χ0n) is 10.4. The summed E-state index contributed by atoms with van der Waals surface area (Å²) in [6.07, 6.45) is 0. The zero-order chi connectivity index (χ0) is 13.3. The van der Waals surface area contributed by atoms with Crippen LogP contribution in [0.3, 0.4) is 0 Å². The van der Waals surface area contributed by atoms with Crippen molar-refractivity contribution < 1.29 is 4.39 Å². The van der Waals surface area contributed by atoms with Crippen LogP contribution in [-0.4, -0.2) is 0 Å². The summed E-state index contributed by atoms with van der Waals surface area (Å²) in [7, 11) is 0. The van der Waals surface area contributed by atoms with Gasteiger partial charge in [-0.3, -0.25) is 0 Å². The molecular formula is C15H15ClFN. The van der Waals surface area contributed by atoms with E-state index in [2.05, 4.69) is 0 Å². The lowest BCUT2D eigenvalue weighted by Crippen LogP contribution is -2.35. The molecule has 18 heavy (non-hydrogen) atoms. The van der Waals surface area contributed by atoms with Crippen LogP contribution in [0.4, 0.5) is 4.39 Å². The summed E-state index contributed by atoms with van der Waals surface area (Å²) in [6.45, 7) is 3.73. The third kappa shape index (κ3) is 2.26. The van der Waals surface area contributed by atoms with Crippen molar-refractivity contribution in [2.45, 2.75) is 19.4 Å². The summed E-state index contributed by atoms with van der Waals surface area (Å²) >= 11 is 6.19. The summed E-state index contributed by atoms with van der Waals surface area (Å²) < 4.78 is 13.2.